The SMILES string of the molecule is C1=C[C@@H]2c3ccccc3C[C@@H]2CO1. The Morgan fingerprint density at radius 1 is 1.23 bits per heavy atom. The van der Waals surface area contributed by atoms with E-state index in [1.807, 2.05) is 6.26 Å². The Bertz CT molecular complexity index is 354. The summed E-state index contributed by atoms with van der Waals surface area (Å²) in [5, 5.41) is 0. The molecule has 0 N–H and O–H groups in total. The van der Waals surface area contributed by atoms with Crippen molar-refractivity contribution < 1.29 is 4.74 Å². The summed E-state index contributed by atoms with van der Waals surface area (Å²) in [7, 11) is 0. The molecule has 0 spiro atoms. The van der Waals surface area contributed by atoms with E-state index in [2.05, 4.69) is 30.3 Å². The highest BCUT2D eigenvalue weighted by molar-refractivity contribution is 5.39. The average molecular weight is 172 g/mol. The maximum Gasteiger partial charge on any atom is 0.0913 e. The number of rotatable bonds is 0. The Labute approximate surface area is 78.0 Å². The lowest BCUT2D eigenvalue weighted by atomic mass is 9.92. The van der Waals surface area contributed by atoms with E-state index >= 15 is 0 Å². The van der Waals surface area contributed by atoms with Gasteiger partial charge in [-0.05, 0) is 23.6 Å². The van der Waals surface area contributed by atoms with Gasteiger partial charge in [0.2, 0.25) is 0 Å². The topological polar surface area (TPSA) is 9.23 Å². The van der Waals surface area contributed by atoms with E-state index in [9.17, 15) is 0 Å². The van der Waals surface area contributed by atoms with Gasteiger partial charge >= 0.3 is 0 Å². The normalized spacial score (nSPS) is 29.2. The molecule has 1 aromatic carbocycles. The zero-order valence-electron chi connectivity index (χ0n) is 7.44. The minimum Gasteiger partial charge on any atom is -0.501 e. The van der Waals surface area contributed by atoms with Crippen LogP contribution in [0.2, 0.25) is 0 Å². The summed E-state index contributed by atoms with van der Waals surface area (Å²) in [4.78, 5) is 0. The molecule has 66 valence electrons. The Morgan fingerprint density at radius 3 is 3.15 bits per heavy atom. The fourth-order valence-corrected chi connectivity index (χ4v) is 2.45. The second kappa shape index (κ2) is 2.63. The molecule has 0 saturated carbocycles. The number of hydrogen-bond acceptors (Lipinski definition) is 1. The van der Waals surface area contributed by atoms with Gasteiger partial charge in [0.05, 0.1) is 12.9 Å². The molecule has 1 aromatic rings. The van der Waals surface area contributed by atoms with E-state index in [-0.39, 0.29) is 0 Å². The largest absolute Gasteiger partial charge is 0.501 e. The second-order valence-corrected chi connectivity index (χ2v) is 3.85. The molecule has 1 aliphatic carbocycles. The fourth-order valence-electron chi connectivity index (χ4n) is 2.45. The summed E-state index contributed by atoms with van der Waals surface area (Å²) in [6, 6.07) is 8.74. The van der Waals surface area contributed by atoms with E-state index in [0.29, 0.717) is 11.8 Å². The van der Waals surface area contributed by atoms with Crippen molar-refractivity contribution in [2.75, 3.05) is 6.61 Å². The molecule has 1 heterocycles. The quantitative estimate of drug-likeness (QED) is 0.584. The molecule has 2 atom stereocenters. The highest BCUT2D eigenvalue weighted by atomic mass is 16.5. The van der Waals surface area contributed by atoms with Crippen LogP contribution in [0.4, 0.5) is 0 Å². The highest BCUT2D eigenvalue weighted by Gasteiger charge is 2.32. The second-order valence-electron chi connectivity index (χ2n) is 3.85. The van der Waals surface area contributed by atoms with Crippen LogP contribution >= 0.6 is 0 Å². The Kier molecular flexibility index (Phi) is 1.45. The van der Waals surface area contributed by atoms with E-state index < -0.39 is 0 Å². The van der Waals surface area contributed by atoms with Crippen LogP contribution < -0.4 is 0 Å². The monoisotopic (exact) mass is 172 g/mol. The van der Waals surface area contributed by atoms with Crippen molar-refractivity contribution in [2.45, 2.75) is 12.3 Å². The lowest BCUT2D eigenvalue weighted by Gasteiger charge is -2.20. The van der Waals surface area contributed by atoms with Crippen LogP contribution in [-0.4, -0.2) is 6.61 Å². The van der Waals surface area contributed by atoms with E-state index in [1.165, 1.54) is 17.5 Å². The average Bonchev–Trinajstić information content (AvgIpc) is 2.56. The molecule has 2 aliphatic rings. The number of ether oxygens (including phenoxy) is 1. The van der Waals surface area contributed by atoms with Gasteiger partial charge in [-0.3, -0.25) is 0 Å². The minimum atomic E-state index is 0.616. The van der Waals surface area contributed by atoms with Crippen molar-refractivity contribution in [3.63, 3.8) is 0 Å². The molecule has 3 rings (SSSR count). The fraction of sp³-hybridized carbons (Fsp3) is 0.333. The van der Waals surface area contributed by atoms with Gasteiger partial charge in [-0.1, -0.05) is 24.3 Å². The van der Waals surface area contributed by atoms with Crippen molar-refractivity contribution in [1.29, 1.82) is 0 Å². The van der Waals surface area contributed by atoms with Crippen molar-refractivity contribution in [3.05, 3.63) is 47.7 Å². The summed E-state index contributed by atoms with van der Waals surface area (Å²) in [5.74, 6) is 1.30. The minimum absolute atomic E-state index is 0.616. The lowest BCUT2D eigenvalue weighted by Crippen LogP contribution is -2.15. The highest BCUT2D eigenvalue weighted by Crippen LogP contribution is 2.40. The van der Waals surface area contributed by atoms with Crippen LogP contribution in [0.25, 0.3) is 0 Å². The summed E-state index contributed by atoms with van der Waals surface area (Å²) < 4.78 is 5.33. The van der Waals surface area contributed by atoms with Gasteiger partial charge in [0.15, 0.2) is 0 Å². The van der Waals surface area contributed by atoms with Crippen LogP contribution in [0.15, 0.2) is 36.6 Å². The lowest BCUT2D eigenvalue weighted by molar-refractivity contribution is 0.171. The summed E-state index contributed by atoms with van der Waals surface area (Å²) in [6.07, 6.45) is 5.23. The van der Waals surface area contributed by atoms with Gasteiger partial charge in [0.1, 0.15) is 0 Å². The molecule has 0 saturated heterocycles. The molecule has 13 heavy (non-hydrogen) atoms. The molecule has 0 fully saturated rings. The first-order valence-corrected chi connectivity index (χ1v) is 4.81. The van der Waals surface area contributed by atoms with Crippen molar-refractivity contribution in [3.8, 4) is 0 Å². The molecule has 0 bridgehead atoms. The van der Waals surface area contributed by atoms with Gasteiger partial charge in [0.25, 0.3) is 0 Å². The van der Waals surface area contributed by atoms with Gasteiger partial charge in [-0.15, -0.1) is 0 Å². The van der Waals surface area contributed by atoms with Crippen LogP contribution in [0, 0.1) is 5.92 Å². The van der Waals surface area contributed by atoms with Crippen LogP contribution in [0.5, 0.6) is 0 Å². The first-order valence-electron chi connectivity index (χ1n) is 4.81. The summed E-state index contributed by atoms with van der Waals surface area (Å²) in [5.41, 5.74) is 3.01. The Balaban J connectivity index is 2.09. The molecule has 0 amide bonds. The first kappa shape index (κ1) is 7.19. The van der Waals surface area contributed by atoms with E-state index in [1.54, 1.807) is 0 Å². The third kappa shape index (κ3) is 0.998. The van der Waals surface area contributed by atoms with Crippen LogP contribution in [-0.2, 0) is 11.2 Å². The molecule has 0 unspecified atom stereocenters. The maximum atomic E-state index is 5.33. The Morgan fingerprint density at radius 2 is 2.15 bits per heavy atom. The van der Waals surface area contributed by atoms with Gasteiger partial charge in [-0.2, -0.15) is 0 Å². The first-order chi connectivity index (χ1) is 6.45. The molecule has 0 radical (unpaired) electrons. The standard InChI is InChI=1S/C12H12O/c1-2-4-11-9(3-1)7-10-8-13-6-5-12(10)11/h1-6,10,12H,7-8H2/t10-,12+/m1/s1. The number of allylic oxidation sites excluding steroid dienone is 1. The number of benzene rings is 1. The number of hydrogen-bond donors (Lipinski definition) is 0. The molecule has 0 aromatic heterocycles. The van der Waals surface area contributed by atoms with Gasteiger partial charge in [0, 0.05) is 11.8 Å². The van der Waals surface area contributed by atoms with Crippen LogP contribution in [0.3, 0.4) is 0 Å². The summed E-state index contributed by atoms with van der Waals surface area (Å²) in [6.45, 7) is 0.885. The van der Waals surface area contributed by atoms with Crippen LogP contribution in [0.1, 0.15) is 17.0 Å². The van der Waals surface area contributed by atoms with Crippen molar-refractivity contribution >= 4 is 0 Å². The predicted molar refractivity (Wildman–Crippen MR) is 51.5 cm³/mol. The van der Waals surface area contributed by atoms with E-state index in [0.717, 1.165) is 6.61 Å². The Hall–Kier alpha value is -1.24. The zero-order valence-corrected chi connectivity index (χ0v) is 7.44. The third-order valence-corrected chi connectivity index (χ3v) is 3.10. The molecule has 1 heteroatoms. The van der Waals surface area contributed by atoms with E-state index in [4.69, 9.17) is 4.74 Å². The number of fused-ring (bicyclic) bond motifs is 3. The maximum absolute atomic E-state index is 5.33. The van der Waals surface area contributed by atoms with Crippen molar-refractivity contribution in [2.24, 2.45) is 5.92 Å². The third-order valence-electron chi connectivity index (χ3n) is 3.10. The molecular formula is C12H12O. The zero-order chi connectivity index (χ0) is 8.67. The summed E-state index contributed by atoms with van der Waals surface area (Å²) >= 11 is 0. The van der Waals surface area contributed by atoms with Crippen molar-refractivity contribution in [1.82, 2.24) is 0 Å². The molecule has 1 nitrogen and oxygen atoms in total. The molecule has 1 aliphatic heterocycles. The molecular weight excluding hydrogens is 160 g/mol. The van der Waals surface area contributed by atoms with Gasteiger partial charge in [-0.25, -0.2) is 0 Å². The predicted octanol–water partition coefficient (Wildman–Crippen LogP) is 2.49. The smallest absolute Gasteiger partial charge is 0.0913 e. The van der Waals surface area contributed by atoms with Gasteiger partial charge < -0.3 is 4.74 Å².